The largest absolute Gasteiger partial charge is 0.463 e. The van der Waals surface area contributed by atoms with Gasteiger partial charge in [-0.2, -0.15) is 0 Å². The Kier molecular flexibility index (Phi) is 5.52. The Hall–Kier alpha value is -1.52. The Morgan fingerprint density at radius 3 is 2.41 bits per heavy atom. The number of allylic oxidation sites excluding steroid dienone is 1. The van der Waals surface area contributed by atoms with E-state index < -0.39 is 6.09 Å². The zero-order chi connectivity index (χ0) is 12.7. The quantitative estimate of drug-likeness (QED) is 0.766. The molecule has 0 aromatic carbocycles. The van der Waals surface area contributed by atoms with Crippen LogP contribution in [0.3, 0.4) is 0 Å². The lowest BCUT2D eigenvalue weighted by Gasteiger charge is -2.19. The highest BCUT2D eigenvalue weighted by Crippen LogP contribution is 2.24. The summed E-state index contributed by atoms with van der Waals surface area (Å²) in [6.07, 6.45) is 2.74. The molecular weight excluding hydrogens is 222 g/mol. The van der Waals surface area contributed by atoms with Crippen molar-refractivity contribution in [2.45, 2.75) is 39.5 Å². The van der Waals surface area contributed by atoms with E-state index in [1.54, 1.807) is 13.8 Å². The summed E-state index contributed by atoms with van der Waals surface area (Å²) >= 11 is 0. The molecule has 1 aliphatic carbocycles. The minimum atomic E-state index is -0.508. The molecule has 5 heteroatoms. The molecule has 0 aromatic heterocycles. The molecule has 0 aliphatic heterocycles. The predicted molar refractivity (Wildman–Crippen MR) is 62.3 cm³/mol. The number of hydrogen-bond donors (Lipinski definition) is 1. The molecular formula is C12H19NO4. The molecule has 0 unspecified atom stereocenters. The average molecular weight is 241 g/mol. The lowest BCUT2D eigenvalue weighted by atomic mass is 9.96. The lowest BCUT2D eigenvalue weighted by Crippen LogP contribution is -2.28. The van der Waals surface area contributed by atoms with Gasteiger partial charge >= 0.3 is 12.1 Å². The van der Waals surface area contributed by atoms with Gasteiger partial charge in [-0.15, -0.1) is 0 Å². The predicted octanol–water partition coefficient (Wildman–Crippen LogP) is 2.12. The Bertz CT molecular complexity index is 322. The fraction of sp³-hybridized carbons (Fsp3) is 0.667. The molecule has 0 atom stereocenters. The third-order valence-corrected chi connectivity index (χ3v) is 2.52. The second-order valence-corrected chi connectivity index (χ2v) is 3.73. The van der Waals surface area contributed by atoms with Gasteiger partial charge in [0.1, 0.15) is 0 Å². The normalized spacial score (nSPS) is 15.4. The van der Waals surface area contributed by atoms with Crippen molar-refractivity contribution in [3.05, 3.63) is 11.3 Å². The van der Waals surface area contributed by atoms with Gasteiger partial charge in [-0.1, -0.05) is 0 Å². The first-order valence-corrected chi connectivity index (χ1v) is 6.02. The van der Waals surface area contributed by atoms with Crippen LogP contribution in [0.2, 0.25) is 0 Å². The smallest absolute Gasteiger partial charge is 0.411 e. The maximum Gasteiger partial charge on any atom is 0.411 e. The second-order valence-electron chi connectivity index (χ2n) is 3.73. The molecule has 1 amide bonds. The highest BCUT2D eigenvalue weighted by atomic mass is 16.5. The van der Waals surface area contributed by atoms with Crippen LogP contribution in [0.25, 0.3) is 0 Å². The number of ether oxygens (including phenoxy) is 2. The summed E-state index contributed by atoms with van der Waals surface area (Å²) in [7, 11) is 0. The number of amides is 1. The maximum atomic E-state index is 11.7. The van der Waals surface area contributed by atoms with Crippen LogP contribution < -0.4 is 5.32 Å². The van der Waals surface area contributed by atoms with E-state index in [2.05, 4.69) is 5.32 Å². The Morgan fingerprint density at radius 1 is 1.12 bits per heavy atom. The molecule has 17 heavy (non-hydrogen) atoms. The van der Waals surface area contributed by atoms with Crippen LogP contribution in [0, 0.1) is 0 Å². The molecule has 5 nitrogen and oxygen atoms in total. The Balaban J connectivity index is 2.73. The first kappa shape index (κ1) is 13.5. The third-order valence-electron chi connectivity index (χ3n) is 2.52. The first-order valence-electron chi connectivity index (χ1n) is 6.02. The number of hydrogen-bond acceptors (Lipinski definition) is 4. The molecule has 1 aliphatic rings. The van der Waals surface area contributed by atoms with Gasteiger partial charge in [0.2, 0.25) is 0 Å². The Morgan fingerprint density at radius 2 is 1.76 bits per heavy atom. The molecule has 0 aromatic rings. The molecule has 1 rings (SSSR count). The maximum absolute atomic E-state index is 11.7. The van der Waals surface area contributed by atoms with E-state index in [4.69, 9.17) is 9.47 Å². The van der Waals surface area contributed by atoms with Crippen LogP contribution in [0.1, 0.15) is 39.5 Å². The number of carbonyl (C=O) groups is 2. The van der Waals surface area contributed by atoms with Crippen molar-refractivity contribution in [1.82, 2.24) is 5.32 Å². The van der Waals surface area contributed by atoms with Crippen molar-refractivity contribution in [1.29, 1.82) is 0 Å². The summed E-state index contributed by atoms with van der Waals surface area (Å²) < 4.78 is 9.76. The zero-order valence-corrected chi connectivity index (χ0v) is 10.4. The molecule has 0 bridgehead atoms. The van der Waals surface area contributed by atoms with Gasteiger partial charge in [0, 0.05) is 5.70 Å². The minimum absolute atomic E-state index is 0.313. The van der Waals surface area contributed by atoms with Crippen LogP contribution in [0.5, 0.6) is 0 Å². The van der Waals surface area contributed by atoms with Crippen molar-refractivity contribution < 1.29 is 19.1 Å². The van der Waals surface area contributed by atoms with Crippen LogP contribution >= 0.6 is 0 Å². The van der Waals surface area contributed by atoms with E-state index in [9.17, 15) is 9.59 Å². The van der Waals surface area contributed by atoms with Gasteiger partial charge in [0.05, 0.1) is 18.8 Å². The highest BCUT2D eigenvalue weighted by Gasteiger charge is 2.21. The second kappa shape index (κ2) is 6.93. The molecule has 0 radical (unpaired) electrons. The molecule has 0 spiro atoms. The topological polar surface area (TPSA) is 64.6 Å². The van der Waals surface area contributed by atoms with Crippen molar-refractivity contribution in [2.24, 2.45) is 0 Å². The summed E-state index contributed by atoms with van der Waals surface area (Å²) in [5.74, 6) is -0.334. The van der Waals surface area contributed by atoms with E-state index >= 15 is 0 Å². The van der Waals surface area contributed by atoms with Gasteiger partial charge in [0.25, 0.3) is 0 Å². The van der Waals surface area contributed by atoms with Crippen LogP contribution in [-0.4, -0.2) is 25.3 Å². The van der Waals surface area contributed by atoms with Gasteiger partial charge in [-0.05, 0) is 39.5 Å². The fourth-order valence-corrected chi connectivity index (χ4v) is 1.78. The number of alkyl carbamates (subject to hydrolysis) is 1. The highest BCUT2D eigenvalue weighted by molar-refractivity contribution is 5.90. The standard InChI is InChI=1S/C12H19NO4/c1-3-16-11(14)9-7-5-6-8-10(9)13-12(15)17-4-2/h3-8H2,1-2H3,(H,13,15). The zero-order valence-electron chi connectivity index (χ0n) is 10.4. The molecule has 0 saturated carbocycles. The molecule has 0 heterocycles. The lowest BCUT2D eigenvalue weighted by molar-refractivity contribution is -0.138. The third kappa shape index (κ3) is 4.09. The summed E-state index contributed by atoms with van der Waals surface area (Å²) in [5, 5.41) is 2.63. The number of carbonyl (C=O) groups excluding carboxylic acids is 2. The van der Waals surface area contributed by atoms with E-state index in [1.165, 1.54) is 0 Å². The SMILES string of the molecule is CCOC(=O)NC1=C(C(=O)OCC)CCCC1. The van der Waals surface area contributed by atoms with Crippen LogP contribution in [-0.2, 0) is 14.3 Å². The molecule has 1 N–H and O–H groups in total. The van der Waals surface area contributed by atoms with E-state index in [-0.39, 0.29) is 5.97 Å². The number of rotatable bonds is 4. The van der Waals surface area contributed by atoms with Crippen LogP contribution in [0.15, 0.2) is 11.3 Å². The van der Waals surface area contributed by atoms with E-state index in [0.29, 0.717) is 37.3 Å². The minimum Gasteiger partial charge on any atom is -0.463 e. The summed E-state index contributed by atoms with van der Waals surface area (Å²) in [6.45, 7) is 4.16. The Labute approximate surface area is 101 Å². The van der Waals surface area contributed by atoms with Crippen LogP contribution in [0.4, 0.5) is 4.79 Å². The van der Waals surface area contributed by atoms with Crippen molar-refractivity contribution >= 4 is 12.1 Å². The summed E-state index contributed by atoms with van der Waals surface area (Å²) in [5.41, 5.74) is 1.22. The van der Waals surface area contributed by atoms with Gasteiger partial charge in [-0.25, -0.2) is 9.59 Å². The van der Waals surface area contributed by atoms with Crippen molar-refractivity contribution in [3.8, 4) is 0 Å². The summed E-state index contributed by atoms with van der Waals surface area (Å²) in [4.78, 5) is 23.0. The van der Waals surface area contributed by atoms with Crippen molar-refractivity contribution in [2.75, 3.05) is 13.2 Å². The average Bonchev–Trinajstić information content (AvgIpc) is 2.30. The van der Waals surface area contributed by atoms with E-state index in [1.807, 2.05) is 0 Å². The molecule has 0 saturated heterocycles. The first-order chi connectivity index (χ1) is 8.19. The molecule has 0 fully saturated rings. The van der Waals surface area contributed by atoms with Gasteiger partial charge < -0.3 is 9.47 Å². The van der Waals surface area contributed by atoms with Gasteiger partial charge in [-0.3, -0.25) is 5.32 Å². The monoisotopic (exact) mass is 241 g/mol. The van der Waals surface area contributed by atoms with Gasteiger partial charge in [0.15, 0.2) is 0 Å². The summed E-state index contributed by atoms with van der Waals surface area (Å²) in [6, 6.07) is 0. The molecule has 96 valence electrons. The fourth-order valence-electron chi connectivity index (χ4n) is 1.78. The number of esters is 1. The van der Waals surface area contributed by atoms with Crippen molar-refractivity contribution in [3.63, 3.8) is 0 Å². The number of nitrogens with one attached hydrogen (secondary N) is 1. The van der Waals surface area contributed by atoms with E-state index in [0.717, 1.165) is 12.8 Å².